The fourth-order valence-electron chi connectivity index (χ4n) is 2.60. The molecule has 0 bridgehead atoms. The van der Waals surface area contributed by atoms with E-state index in [2.05, 4.69) is 10.4 Å². The molecular formula is C21H20FN3O3. The highest BCUT2D eigenvalue weighted by Crippen LogP contribution is 2.13. The monoisotopic (exact) mass is 381 g/mol. The average Bonchev–Trinajstić information content (AvgIpc) is 3.13. The van der Waals surface area contributed by atoms with Gasteiger partial charge in [0.25, 0.3) is 5.91 Å². The molecule has 144 valence electrons. The molecule has 0 aliphatic heterocycles. The van der Waals surface area contributed by atoms with Gasteiger partial charge < -0.3 is 10.1 Å². The second kappa shape index (κ2) is 8.47. The van der Waals surface area contributed by atoms with Gasteiger partial charge in [0.1, 0.15) is 5.82 Å². The summed E-state index contributed by atoms with van der Waals surface area (Å²) >= 11 is 0. The van der Waals surface area contributed by atoms with Gasteiger partial charge in [-0.25, -0.2) is 13.9 Å². The second-order valence-corrected chi connectivity index (χ2v) is 6.32. The van der Waals surface area contributed by atoms with Crippen molar-refractivity contribution in [1.82, 2.24) is 15.1 Å². The van der Waals surface area contributed by atoms with E-state index in [9.17, 15) is 14.0 Å². The van der Waals surface area contributed by atoms with Crippen LogP contribution in [0.3, 0.4) is 0 Å². The molecule has 0 aliphatic rings. The van der Waals surface area contributed by atoms with Crippen LogP contribution in [0.1, 0.15) is 28.5 Å². The van der Waals surface area contributed by atoms with E-state index >= 15 is 0 Å². The lowest BCUT2D eigenvalue weighted by molar-refractivity contribution is -0.129. The number of hydrogen-bond donors (Lipinski definition) is 1. The molecule has 2 aromatic carbocycles. The average molecular weight is 381 g/mol. The van der Waals surface area contributed by atoms with E-state index in [1.807, 2.05) is 13.0 Å². The van der Waals surface area contributed by atoms with Crippen LogP contribution in [-0.4, -0.2) is 27.8 Å². The van der Waals surface area contributed by atoms with Crippen LogP contribution in [0.25, 0.3) is 5.69 Å². The Labute approximate surface area is 161 Å². The van der Waals surface area contributed by atoms with Crippen LogP contribution in [0.4, 0.5) is 4.39 Å². The van der Waals surface area contributed by atoms with Crippen LogP contribution in [-0.2, 0) is 16.1 Å². The van der Waals surface area contributed by atoms with Gasteiger partial charge in [-0.2, -0.15) is 5.10 Å². The van der Waals surface area contributed by atoms with E-state index in [1.165, 1.54) is 19.1 Å². The van der Waals surface area contributed by atoms with Gasteiger partial charge in [0.2, 0.25) is 0 Å². The maximum atomic E-state index is 12.9. The van der Waals surface area contributed by atoms with Gasteiger partial charge in [-0.3, -0.25) is 4.79 Å². The lowest BCUT2D eigenvalue weighted by atomic mass is 10.2. The topological polar surface area (TPSA) is 73.2 Å². The highest BCUT2D eigenvalue weighted by Gasteiger charge is 2.18. The number of aromatic nitrogens is 2. The summed E-state index contributed by atoms with van der Waals surface area (Å²) in [5, 5.41) is 6.87. The van der Waals surface area contributed by atoms with Crippen molar-refractivity contribution < 1.29 is 18.7 Å². The Morgan fingerprint density at radius 1 is 1.11 bits per heavy atom. The third-order valence-electron chi connectivity index (χ3n) is 4.21. The first-order valence-electron chi connectivity index (χ1n) is 8.78. The Bertz CT molecular complexity index is 965. The molecule has 0 saturated carbocycles. The van der Waals surface area contributed by atoms with Crippen LogP contribution in [0.15, 0.2) is 60.8 Å². The van der Waals surface area contributed by atoms with Crippen LogP contribution in [0.5, 0.6) is 0 Å². The minimum atomic E-state index is -0.957. The van der Waals surface area contributed by atoms with Crippen molar-refractivity contribution in [2.75, 3.05) is 0 Å². The number of nitrogens with one attached hydrogen (secondary N) is 1. The number of nitrogens with zero attached hydrogens (tertiary/aromatic N) is 2. The Kier molecular flexibility index (Phi) is 5.84. The Morgan fingerprint density at radius 2 is 1.79 bits per heavy atom. The van der Waals surface area contributed by atoms with Crippen molar-refractivity contribution in [2.45, 2.75) is 26.5 Å². The SMILES string of the molecule is Cc1ccnn1-c1ccc(C(=O)OC(C)C(=O)NCc2ccc(F)cc2)cc1. The van der Waals surface area contributed by atoms with Crippen molar-refractivity contribution in [2.24, 2.45) is 0 Å². The summed E-state index contributed by atoms with van der Waals surface area (Å²) in [6.07, 6.45) is 0.741. The van der Waals surface area contributed by atoms with Gasteiger partial charge in [-0.1, -0.05) is 12.1 Å². The molecule has 0 spiro atoms. The Morgan fingerprint density at radius 3 is 2.39 bits per heavy atom. The highest BCUT2D eigenvalue weighted by molar-refractivity contribution is 5.92. The van der Waals surface area contributed by atoms with E-state index in [4.69, 9.17) is 4.74 Å². The standard InChI is InChI=1S/C21H20FN3O3/c1-14-11-12-24-25(14)19-9-5-17(6-10-19)21(27)28-15(2)20(26)23-13-16-3-7-18(22)8-4-16/h3-12,15H,13H2,1-2H3,(H,23,26). The van der Waals surface area contributed by atoms with Crippen molar-refractivity contribution in [3.05, 3.63) is 83.4 Å². The summed E-state index contributed by atoms with van der Waals surface area (Å²) < 4.78 is 19.9. The Hall–Kier alpha value is -3.48. The fourth-order valence-corrected chi connectivity index (χ4v) is 2.60. The lowest BCUT2D eigenvalue weighted by Gasteiger charge is -2.14. The fraction of sp³-hybridized carbons (Fsp3) is 0.190. The predicted octanol–water partition coefficient (Wildman–Crippen LogP) is 3.18. The van der Waals surface area contributed by atoms with Crippen molar-refractivity contribution in [1.29, 1.82) is 0 Å². The summed E-state index contributed by atoms with van der Waals surface area (Å²) in [5.74, 6) is -1.36. The molecule has 1 atom stereocenters. The number of hydrogen-bond acceptors (Lipinski definition) is 4. The largest absolute Gasteiger partial charge is 0.449 e. The molecule has 3 aromatic rings. The third-order valence-corrected chi connectivity index (χ3v) is 4.21. The molecule has 0 aliphatic carbocycles. The van der Waals surface area contributed by atoms with Gasteiger partial charge in [0, 0.05) is 18.4 Å². The molecule has 6 nitrogen and oxygen atoms in total. The molecule has 0 saturated heterocycles. The highest BCUT2D eigenvalue weighted by atomic mass is 19.1. The number of esters is 1. The zero-order valence-corrected chi connectivity index (χ0v) is 15.6. The number of ether oxygens (including phenoxy) is 1. The first kappa shape index (κ1) is 19.3. The first-order chi connectivity index (χ1) is 13.4. The van der Waals surface area contributed by atoms with Gasteiger partial charge in [-0.15, -0.1) is 0 Å². The van der Waals surface area contributed by atoms with Crippen LogP contribution in [0.2, 0.25) is 0 Å². The van der Waals surface area contributed by atoms with Crippen LogP contribution in [0, 0.1) is 12.7 Å². The zero-order valence-electron chi connectivity index (χ0n) is 15.6. The number of benzene rings is 2. The van der Waals surface area contributed by atoms with Gasteiger partial charge in [0.15, 0.2) is 6.10 Å². The maximum absolute atomic E-state index is 12.9. The molecule has 28 heavy (non-hydrogen) atoms. The number of carbonyl (C=O) groups is 2. The molecule has 1 N–H and O–H groups in total. The Balaban J connectivity index is 1.55. The normalized spacial score (nSPS) is 11.7. The van der Waals surface area contributed by atoms with Crippen molar-refractivity contribution in [3.63, 3.8) is 0 Å². The van der Waals surface area contributed by atoms with Crippen LogP contribution < -0.4 is 5.32 Å². The zero-order chi connectivity index (χ0) is 20.1. The molecule has 0 radical (unpaired) electrons. The summed E-state index contributed by atoms with van der Waals surface area (Å²) in [4.78, 5) is 24.4. The number of aryl methyl sites for hydroxylation is 1. The van der Waals surface area contributed by atoms with E-state index in [-0.39, 0.29) is 12.4 Å². The van der Waals surface area contributed by atoms with Gasteiger partial charge in [0.05, 0.1) is 11.3 Å². The maximum Gasteiger partial charge on any atom is 0.338 e. The third kappa shape index (κ3) is 4.62. The lowest BCUT2D eigenvalue weighted by Crippen LogP contribution is -2.35. The van der Waals surface area contributed by atoms with Crippen molar-refractivity contribution >= 4 is 11.9 Å². The summed E-state index contributed by atoms with van der Waals surface area (Å²) in [6, 6.07) is 14.5. The molecule has 3 rings (SSSR count). The van der Waals surface area contributed by atoms with Crippen molar-refractivity contribution in [3.8, 4) is 5.69 Å². The molecule has 1 aromatic heterocycles. The molecular weight excluding hydrogens is 361 g/mol. The smallest absolute Gasteiger partial charge is 0.338 e. The second-order valence-electron chi connectivity index (χ2n) is 6.32. The minimum absolute atomic E-state index is 0.221. The van der Waals surface area contributed by atoms with E-state index < -0.39 is 18.0 Å². The van der Waals surface area contributed by atoms with Gasteiger partial charge >= 0.3 is 5.97 Å². The molecule has 7 heteroatoms. The summed E-state index contributed by atoms with van der Waals surface area (Å²) in [5.41, 5.74) is 2.88. The molecule has 1 unspecified atom stereocenters. The van der Waals surface area contributed by atoms with E-state index in [0.29, 0.717) is 5.56 Å². The first-order valence-corrected chi connectivity index (χ1v) is 8.78. The minimum Gasteiger partial charge on any atom is -0.449 e. The van der Waals surface area contributed by atoms with E-state index in [0.717, 1.165) is 16.9 Å². The summed E-state index contributed by atoms with van der Waals surface area (Å²) in [6.45, 7) is 3.65. The summed E-state index contributed by atoms with van der Waals surface area (Å²) in [7, 11) is 0. The van der Waals surface area contributed by atoms with Crippen LogP contribution >= 0.6 is 0 Å². The number of rotatable bonds is 6. The number of carbonyl (C=O) groups excluding carboxylic acids is 2. The van der Waals surface area contributed by atoms with E-state index in [1.54, 1.807) is 47.3 Å². The van der Waals surface area contributed by atoms with Gasteiger partial charge in [-0.05, 0) is 61.9 Å². The quantitative estimate of drug-likeness (QED) is 0.666. The number of amides is 1. The number of halogens is 1. The molecule has 0 fully saturated rings. The molecule has 1 amide bonds. The molecule has 1 heterocycles. The predicted molar refractivity (Wildman–Crippen MR) is 101 cm³/mol.